The molecule has 92 valence electrons. The van der Waals surface area contributed by atoms with Gasteiger partial charge in [0.05, 0.1) is 11.0 Å². The van der Waals surface area contributed by atoms with E-state index in [1.165, 1.54) is 0 Å². The molecule has 1 aromatic heterocycles. The van der Waals surface area contributed by atoms with Gasteiger partial charge in [-0.15, -0.1) is 0 Å². The molecule has 0 radical (unpaired) electrons. The summed E-state index contributed by atoms with van der Waals surface area (Å²) in [5, 5.41) is 0. The predicted octanol–water partition coefficient (Wildman–Crippen LogP) is 3.26. The molecule has 0 spiro atoms. The van der Waals surface area contributed by atoms with E-state index in [4.69, 9.17) is 5.73 Å². The molecule has 0 aliphatic carbocycles. The van der Waals surface area contributed by atoms with Gasteiger partial charge in [-0.2, -0.15) is 0 Å². The van der Waals surface area contributed by atoms with Crippen molar-refractivity contribution in [2.24, 2.45) is 0 Å². The van der Waals surface area contributed by atoms with Crippen LogP contribution >= 0.6 is 0 Å². The summed E-state index contributed by atoms with van der Waals surface area (Å²) in [6, 6.07) is 2.35. The number of halogens is 2. The first kappa shape index (κ1) is 11.8. The second-order valence-corrected chi connectivity index (χ2v) is 4.23. The Bertz CT molecular complexity index is 548. The maximum Gasteiger partial charge on any atom is 0.201 e. The van der Waals surface area contributed by atoms with E-state index in [1.54, 1.807) is 4.57 Å². The van der Waals surface area contributed by atoms with Crippen LogP contribution < -0.4 is 5.73 Å². The maximum absolute atomic E-state index is 13.2. The molecule has 0 aliphatic heterocycles. The van der Waals surface area contributed by atoms with Gasteiger partial charge in [-0.1, -0.05) is 13.3 Å². The molecule has 2 rings (SSSR count). The van der Waals surface area contributed by atoms with Gasteiger partial charge in [0, 0.05) is 18.2 Å². The Kier molecular flexibility index (Phi) is 3.00. The number of fused-ring (bicyclic) bond motifs is 1. The molecule has 0 aliphatic rings. The lowest BCUT2D eigenvalue weighted by Crippen LogP contribution is -2.08. The van der Waals surface area contributed by atoms with Gasteiger partial charge in [-0.05, 0) is 13.3 Å². The molecule has 0 amide bonds. The van der Waals surface area contributed by atoms with Gasteiger partial charge in [-0.3, -0.25) is 0 Å². The number of rotatable bonds is 3. The third kappa shape index (κ3) is 1.97. The van der Waals surface area contributed by atoms with Gasteiger partial charge < -0.3 is 10.3 Å². The summed E-state index contributed by atoms with van der Waals surface area (Å²) in [5.41, 5.74) is 6.73. The van der Waals surface area contributed by atoms with Gasteiger partial charge in [0.1, 0.15) is 0 Å². The monoisotopic (exact) mass is 239 g/mol. The quantitative estimate of drug-likeness (QED) is 0.893. The van der Waals surface area contributed by atoms with Crippen molar-refractivity contribution in [3.63, 3.8) is 0 Å². The van der Waals surface area contributed by atoms with E-state index in [1.807, 2.05) is 6.92 Å². The number of benzene rings is 1. The summed E-state index contributed by atoms with van der Waals surface area (Å²) >= 11 is 0. The molecule has 3 nitrogen and oxygen atoms in total. The predicted molar refractivity (Wildman–Crippen MR) is 63.7 cm³/mol. The Morgan fingerprint density at radius 1 is 1.35 bits per heavy atom. The van der Waals surface area contributed by atoms with E-state index < -0.39 is 11.6 Å². The average Bonchev–Trinajstić information content (AvgIpc) is 2.55. The number of hydrogen-bond acceptors (Lipinski definition) is 2. The molecule has 0 fully saturated rings. The molecule has 2 aromatic rings. The van der Waals surface area contributed by atoms with Crippen LogP contribution in [0.15, 0.2) is 12.1 Å². The van der Waals surface area contributed by atoms with Crippen LogP contribution in [0.5, 0.6) is 0 Å². The first-order valence-corrected chi connectivity index (χ1v) is 5.67. The van der Waals surface area contributed by atoms with Gasteiger partial charge in [-0.25, -0.2) is 13.8 Å². The zero-order chi connectivity index (χ0) is 12.6. The number of hydrogen-bond donors (Lipinski definition) is 1. The smallest absolute Gasteiger partial charge is 0.201 e. The highest BCUT2D eigenvalue weighted by molar-refractivity contribution is 5.78. The van der Waals surface area contributed by atoms with Crippen LogP contribution in [0.25, 0.3) is 11.0 Å². The van der Waals surface area contributed by atoms with Crippen LogP contribution in [-0.2, 0) is 0 Å². The number of aromatic nitrogens is 2. The van der Waals surface area contributed by atoms with Crippen molar-refractivity contribution in [2.75, 3.05) is 5.73 Å². The molecule has 1 heterocycles. The summed E-state index contributed by atoms with van der Waals surface area (Å²) in [7, 11) is 0. The number of nitrogens with two attached hydrogens (primary N) is 1. The van der Waals surface area contributed by atoms with Crippen LogP contribution in [0.3, 0.4) is 0 Å². The average molecular weight is 239 g/mol. The topological polar surface area (TPSA) is 43.8 Å². The standard InChI is InChI=1S/C12H15F2N3/c1-3-4-7(2)17-11-6-9(14)8(13)5-10(11)16-12(17)15/h5-7H,3-4H2,1-2H3,(H2,15,16). The highest BCUT2D eigenvalue weighted by Gasteiger charge is 2.16. The summed E-state index contributed by atoms with van der Waals surface area (Å²) in [6.45, 7) is 4.05. The zero-order valence-electron chi connectivity index (χ0n) is 9.87. The van der Waals surface area contributed by atoms with Gasteiger partial charge in [0.15, 0.2) is 11.6 Å². The number of nitrogen functional groups attached to an aromatic ring is 1. The Hall–Kier alpha value is -1.65. The fraction of sp³-hybridized carbons (Fsp3) is 0.417. The summed E-state index contributed by atoms with van der Waals surface area (Å²) in [6.07, 6.45) is 1.90. The van der Waals surface area contributed by atoms with Crippen LogP contribution in [-0.4, -0.2) is 9.55 Å². The largest absolute Gasteiger partial charge is 0.369 e. The third-order valence-electron chi connectivity index (χ3n) is 2.91. The lowest BCUT2D eigenvalue weighted by atomic mass is 10.2. The van der Waals surface area contributed by atoms with Crippen molar-refractivity contribution >= 4 is 17.0 Å². The number of nitrogens with zero attached hydrogens (tertiary/aromatic N) is 2. The van der Waals surface area contributed by atoms with Crippen LogP contribution in [0.2, 0.25) is 0 Å². The third-order valence-corrected chi connectivity index (χ3v) is 2.91. The van der Waals surface area contributed by atoms with Crippen LogP contribution in [0.1, 0.15) is 32.7 Å². The lowest BCUT2D eigenvalue weighted by molar-refractivity contribution is 0.504. The second kappa shape index (κ2) is 4.31. The van der Waals surface area contributed by atoms with Crippen molar-refractivity contribution in [3.8, 4) is 0 Å². The highest BCUT2D eigenvalue weighted by atomic mass is 19.2. The van der Waals surface area contributed by atoms with Gasteiger partial charge in [0.2, 0.25) is 5.95 Å². The van der Waals surface area contributed by atoms with E-state index in [0.29, 0.717) is 17.0 Å². The van der Waals surface area contributed by atoms with E-state index in [-0.39, 0.29) is 6.04 Å². The fourth-order valence-electron chi connectivity index (χ4n) is 2.12. The van der Waals surface area contributed by atoms with Crippen LogP contribution in [0, 0.1) is 11.6 Å². The molecular formula is C12H15F2N3. The lowest BCUT2D eigenvalue weighted by Gasteiger charge is -2.14. The molecule has 2 N–H and O–H groups in total. The SMILES string of the molecule is CCCC(C)n1c(N)nc2cc(F)c(F)cc21. The van der Waals surface area contributed by atoms with E-state index in [2.05, 4.69) is 11.9 Å². The summed E-state index contributed by atoms with van der Waals surface area (Å²) < 4.78 is 28.1. The van der Waals surface area contributed by atoms with E-state index in [0.717, 1.165) is 25.0 Å². The molecule has 5 heteroatoms. The molecule has 0 saturated carbocycles. The zero-order valence-corrected chi connectivity index (χ0v) is 9.87. The molecule has 17 heavy (non-hydrogen) atoms. The molecule has 1 atom stereocenters. The molecule has 0 saturated heterocycles. The first-order chi connectivity index (χ1) is 8.04. The van der Waals surface area contributed by atoms with Crippen molar-refractivity contribution in [2.45, 2.75) is 32.7 Å². The Labute approximate surface area is 98.2 Å². The van der Waals surface area contributed by atoms with E-state index >= 15 is 0 Å². The normalized spacial score (nSPS) is 13.2. The minimum absolute atomic E-state index is 0.120. The molecular weight excluding hydrogens is 224 g/mol. The summed E-state index contributed by atoms with van der Waals surface area (Å²) in [4.78, 5) is 4.05. The second-order valence-electron chi connectivity index (χ2n) is 4.23. The molecule has 0 bridgehead atoms. The van der Waals surface area contributed by atoms with Gasteiger partial charge >= 0.3 is 0 Å². The van der Waals surface area contributed by atoms with Crippen molar-refractivity contribution in [1.82, 2.24) is 9.55 Å². The van der Waals surface area contributed by atoms with Crippen molar-refractivity contribution in [3.05, 3.63) is 23.8 Å². The fourth-order valence-corrected chi connectivity index (χ4v) is 2.12. The number of imidazole rings is 1. The highest BCUT2D eigenvalue weighted by Crippen LogP contribution is 2.26. The first-order valence-electron chi connectivity index (χ1n) is 5.67. The Morgan fingerprint density at radius 3 is 2.65 bits per heavy atom. The minimum atomic E-state index is -0.898. The maximum atomic E-state index is 13.2. The molecule has 1 unspecified atom stereocenters. The van der Waals surface area contributed by atoms with Crippen molar-refractivity contribution < 1.29 is 8.78 Å². The molecule has 1 aromatic carbocycles. The van der Waals surface area contributed by atoms with E-state index in [9.17, 15) is 8.78 Å². The number of anilines is 1. The minimum Gasteiger partial charge on any atom is -0.369 e. The van der Waals surface area contributed by atoms with Crippen molar-refractivity contribution in [1.29, 1.82) is 0 Å². The Balaban J connectivity index is 2.62. The summed E-state index contributed by atoms with van der Waals surface area (Å²) in [5.74, 6) is -1.47. The Morgan fingerprint density at radius 2 is 2.00 bits per heavy atom. The van der Waals surface area contributed by atoms with Crippen LogP contribution in [0.4, 0.5) is 14.7 Å². The van der Waals surface area contributed by atoms with Gasteiger partial charge in [0.25, 0.3) is 0 Å².